The number of hydrogen-bond acceptors (Lipinski definition) is 7. The molecule has 1 aliphatic carbocycles. The van der Waals surface area contributed by atoms with E-state index in [0.29, 0.717) is 5.56 Å². The molecule has 0 unspecified atom stereocenters. The van der Waals surface area contributed by atoms with E-state index in [2.05, 4.69) is 45.6 Å². The van der Waals surface area contributed by atoms with Gasteiger partial charge in [0.15, 0.2) is 0 Å². The third-order valence-electron chi connectivity index (χ3n) is 7.58. The van der Waals surface area contributed by atoms with Crippen molar-refractivity contribution >= 4 is 62.2 Å². The van der Waals surface area contributed by atoms with Crippen LogP contribution in [0.15, 0.2) is 93.2 Å². The molecule has 2 aromatic carbocycles. The second-order valence-corrected chi connectivity index (χ2v) is 15.3. The van der Waals surface area contributed by atoms with Crippen molar-refractivity contribution < 1.29 is 24.6 Å². The van der Waals surface area contributed by atoms with Gasteiger partial charge in [-0.3, -0.25) is 14.6 Å². The van der Waals surface area contributed by atoms with Gasteiger partial charge in [-0.25, -0.2) is 4.79 Å². The minimum absolute atomic E-state index is 0.0800. The van der Waals surface area contributed by atoms with Crippen LogP contribution in [0.25, 0.3) is 11.6 Å². The van der Waals surface area contributed by atoms with E-state index in [-0.39, 0.29) is 34.5 Å². The van der Waals surface area contributed by atoms with Gasteiger partial charge in [0.1, 0.15) is 10.6 Å². The number of phenols is 1. The van der Waals surface area contributed by atoms with Gasteiger partial charge in [-0.15, -0.1) is 11.3 Å². The summed E-state index contributed by atoms with van der Waals surface area (Å²) in [5, 5.41) is 28.3. The molecular formula is C34H34N4O5S2. The topological polar surface area (TPSA) is 140 Å². The van der Waals surface area contributed by atoms with Crippen molar-refractivity contribution in [3.05, 3.63) is 110 Å². The van der Waals surface area contributed by atoms with Crippen molar-refractivity contribution in [1.29, 1.82) is 0 Å². The van der Waals surface area contributed by atoms with Crippen molar-refractivity contribution in [2.24, 2.45) is 4.99 Å². The highest BCUT2D eigenvalue weighted by Gasteiger charge is 2.37. The van der Waals surface area contributed by atoms with Crippen LogP contribution in [-0.4, -0.2) is 73.4 Å². The monoisotopic (exact) mass is 642 g/mol. The van der Waals surface area contributed by atoms with Crippen LogP contribution in [0.3, 0.4) is 0 Å². The highest BCUT2D eigenvalue weighted by atomic mass is 32.3. The summed E-state index contributed by atoms with van der Waals surface area (Å²) in [4.78, 5) is 44.9. The fourth-order valence-electron chi connectivity index (χ4n) is 5.25. The molecule has 0 saturated heterocycles. The maximum Gasteiger partial charge on any atom is 0.346 e. The van der Waals surface area contributed by atoms with E-state index in [1.807, 2.05) is 31.3 Å². The van der Waals surface area contributed by atoms with Crippen LogP contribution < -0.4 is 16.0 Å². The minimum Gasteiger partial charge on any atom is -0.508 e. The molecule has 232 valence electrons. The molecule has 2 amide bonds. The number of carbonyl (C=O) groups is 3. The van der Waals surface area contributed by atoms with Gasteiger partial charge >= 0.3 is 5.97 Å². The molecule has 0 bridgehead atoms. The molecule has 1 aromatic heterocycles. The highest BCUT2D eigenvalue weighted by molar-refractivity contribution is 8.36. The van der Waals surface area contributed by atoms with Crippen molar-refractivity contribution in [2.75, 3.05) is 45.0 Å². The Morgan fingerprint density at radius 3 is 2.40 bits per heavy atom. The Morgan fingerprint density at radius 2 is 1.71 bits per heavy atom. The second-order valence-electron chi connectivity index (χ2n) is 10.7. The smallest absolute Gasteiger partial charge is 0.346 e. The lowest BCUT2D eigenvalue weighted by atomic mass is 9.89. The number of amides is 2. The Kier molecular flexibility index (Phi) is 9.12. The summed E-state index contributed by atoms with van der Waals surface area (Å²) in [5.74, 6) is -1.72. The number of fused-ring (bicyclic) bond motifs is 2. The molecule has 9 nitrogen and oxygen atoms in total. The first-order valence-electron chi connectivity index (χ1n) is 14.1. The number of allylic oxidation sites excluding steroid dienone is 4. The summed E-state index contributed by atoms with van der Waals surface area (Å²) in [6, 6.07) is 14.2. The quantitative estimate of drug-likeness (QED) is 0.154. The van der Waals surface area contributed by atoms with Gasteiger partial charge in [0, 0.05) is 59.9 Å². The predicted octanol–water partition coefficient (Wildman–Crippen LogP) is 5.52. The Labute approximate surface area is 267 Å². The molecule has 1 aliphatic heterocycles. The average Bonchev–Trinajstić information content (AvgIpc) is 3.48. The molecule has 0 atom stereocenters. The van der Waals surface area contributed by atoms with E-state index < -0.39 is 21.9 Å². The predicted molar refractivity (Wildman–Crippen MR) is 184 cm³/mol. The normalized spacial score (nSPS) is 16.5. The number of rotatable bonds is 9. The standard InChI is InChI=1S/C34H34N4O5S2/c1-35-21-8-12-24-28(17-21)45(3,4)29-18-22(36-2)9-13-25(29)31(24)26-19-27(44-32(26)34(42)43)33(41)38-16-15-37-30(40)14-7-20-5-10-23(39)11-6-20/h5-14,17-19,35,39H,15-16H2,1-4H3,(H,37,40)(H,38,41)(H,42,43)/b14-7+,36-22+. The Bertz CT molecular complexity index is 1850. The van der Waals surface area contributed by atoms with Gasteiger partial charge < -0.3 is 26.2 Å². The lowest BCUT2D eigenvalue weighted by Crippen LogP contribution is -2.33. The molecule has 0 radical (unpaired) electrons. The summed E-state index contributed by atoms with van der Waals surface area (Å²) in [5.41, 5.74) is 5.70. The van der Waals surface area contributed by atoms with Crippen LogP contribution in [-0.2, 0) is 4.79 Å². The molecule has 5 N–H and O–H groups in total. The van der Waals surface area contributed by atoms with Crippen LogP contribution in [0.4, 0.5) is 5.69 Å². The number of anilines is 1. The van der Waals surface area contributed by atoms with Gasteiger partial charge in [-0.05, 0) is 77.8 Å². The number of aliphatic imine (C=N–C) groups is 1. The second kappa shape index (κ2) is 13.0. The Hall–Kier alpha value is -4.87. The number of carboxylic acid groups (broad SMARTS) is 1. The fraction of sp³-hybridized carbons (Fsp3) is 0.176. The van der Waals surface area contributed by atoms with E-state index in [9.17, 15) is 24.6 Å². The van der Waals surface area contributed by atoms with Crippen LogP contribution in [0.1, 0.15) is 36.0 Å². The number of aromatic hydroxyl groups is 1. The third-order valence-corrected chi connectivity index (χ3v) is 11.6. The average molecular weight is 643 g/mol. The molecule has 0 fully saturated rings. The Morgan fingerprint density at radius 1 is 0.978 bits per heavy atom. The number of phenolic OH excluding ortho intramolecular Hbond substituents is 1. The number of nitrogens with one attached hydrogen (secondary N) is 3. The van der Waals surface area contributed by atoms with E-state index in [1.54, 1.807) is 31.3 Å². The summed E-state index contributed by atoms with van der Waals surface area (Å²) in [6.07, 6.45) is 13.5. The maximum atomic E-state index is 13.2. The van der Waals surface area contributed by atoms with E-state index in [4.69, 9.17) is 0 Å². The van der Waals surface area contributed by atoms with Crippen molar-refractivity contribution in [3.8, 4) is 5.75 Å². The van der Waals surface area contributed by atoms with Gasteiger partial charge in [0.25, 0.3) is 5.91 Å². The zero-order valence-electron chi connectivity index (χ0n) is 25.3. The van der Waals surface area contributed by atoms with Crippen LogP contribution in [0.2, 0.25) is 0 Å². The van der Waals surface area contributed by atoms with E-state index >= 15 is 0 Å². The molecule has 2 aliphatic rings. The number of carbonyl (C=O) groups excluding carboxylic acids is 2. The molecule has 3 aromatic rings. The van der Waals surface area contributed by atoms with Gasteiger partial charge in [0.2, 0.25) is 5.91 Å². The molecule has 0 spiro atoms. The number of benzene rings is 2. The third kappa shape index (κ3) is 6.50. The SMILES string of the molecule is C/N=C1\C=CC2=C(c3cc(C(=O)NCCNC(=O)/C=C/c4ccc(O)cc4)sc3C(=O)O)c3ccc(NC)cc3S(C)(C)C2=C1. The number of carboxylic acids is 1. The largest absolute Gasteiger partial charge is 0.508 e. The first-order chi connectivity index (χ1) is 21.5. The van der Waals surface area contributed by atoms with Gasteiger partial charge in [-0.2, -0.15) is 10.0 Å². The van der Waals surface area contributed by atoms with Crippen LogP contribution in [0, 0.1) is 0 Å². The number of thiophene rings is 1. The van der Waals surface area contributed by atoms with E-state index in [0.717, 1.165) is 54.8 Å². The van der Waals surface area contributed by atoms with Crippen LogP contribution >= 0.6 is 21.4 Å². The molecule has 45 heavy (non-hydrogen) atoms. The zero-order valence-corrected chi connectivity index (χ0v) is 26.9. The van der Waals surface area contributed by atoms with Crippen molar-refractivity contribution in [3.63, 3.8) is 0 Å². The molecule has 2 heterocycles. The summed E-state index contributed by atoms with van der Waals surface area (Å²) in [6.45, 7) is 0.340. The number of nitrogens with zero attached hydrogens (tertiary/aromatic N) is 1. The Balaban J connectivity index is 1.40. The van der Waals surface area contributed by atoms with Crippen molar-refractivity contribution in [2.45, 2.75) is 4.90 Å². The van der Waals surface area contributed by atoms with E-state index in [1.165, 1.54) is 18.2 Å². The summed E-state index contributed by atoms with van der Waals surface area (Å²) < 4.78 is 0. The highest BCUT2D eigenvalue weighted by Crippen LogP contribution is 2.66. The summed E-state index contributed by atoms with van der Waals surface area (Å²) >= 11 is 0.932. The van der Waals surface area contributed by atoms with Gasteiger partial charge in [-0.1, -0.05) is 24.3 Å². The summed E-state index contributed by atoms with van der Waals surface area (Å²) in [7, 11) is 2.13. The number of hydrogen-bond donors (Lipinski definition) is 5. The molecular weight excluding hydrogens is 609 g/mol. The first kappa shape index (κ1) is 31.6. The molecule has 5 rings (SSSR count). The number of aromatic carboxylic acids is 1. The maximum absolute atomic E-state index is 13.2. The molecule has 11 heteroatoms. The lowest BCUT2D eigenvalue weighted by Gasteiger charge is -2.43. The van der Waals surface area contributed by atoms with Crippen molar-refractivity contribution in [1.82, 2.24) is 10.6 Å². The molecule has 0 saturated carbocycles. The minimum atomic E-state index is -1.49. The lowest BCUT2D eigenvalue weighted by molar-refractivity contribution is -0.116. The van der Waals surface area contributed by atoms with Crippen LogP contribution in [0.5, 0.6) is 5.75 Å². The zero-order chi connectivity index (χ0) is 32.3. The van der Waals surface area contributed by atoms with Gasteiger partial charge in [0.05, 0.1) is 10.6 Å². The fourth-order valence-corrected chi connectivity index (χ4v) is 8.69. The first-order valence-corrected chi connectivity index (χ1v) is 17.4.